The summed E-state index contributed by atoms with van der Waals surface area (Å²) in [4.78, 5) is 28.0. The van der Waals surface area contributed by atoms with Crippen molar-refractivity contribution in [2.75, 3.05) is 5.32 Å². The number of anilines is 1. The lowest BCUT2D eigenvalue weighted by Gasteiger charge is -2.19. The maximum atomic E-state index is 12.1. The first-order valence-corrected chi connectivity index (χ1v) is 11.1. The zero-order chi connectivity index (χ0) is 22.0. The fraction of sp³-hybridized carbons (Fsp3) is 0.636. The zero-order valence-electron chi connectivity index (χ0n) is 18.2. The van der Waals surface area contributed by atoms with E-state index in [9.17, 15) is 9.59 Å². The molecule has 1 amide bonds. The van der Waals surface area contributed by atoms with Gasteiger partial charge in [0.25, 0.3) is 0 Å². The number of amides is 1. The van der Waals surface area contributed by atoms with Gasteiger partial charge in [-0.3, -0.25) is 9.59 Å². The van der Waals surface area contributed by atoms with E-state index in [4.69, 9.17) is 16.3 Å². The van der Waals surface area contributed by atoms with Crippen LogP contribution in [0.4, 0.5) is 5.82 Å². The van der Waals surface area contributed by atoms with Gasteiger partial charge in [0.2, 0.25) is 5.91 Å². The molecule has 0 aliphatic rings. The van der Waals surface area contributed by atoms with Crippen molar-refractivity contribution in [2.24, 2.45) is 0 Å². The fourth-order valence-electron chi connectivity index (χ4n) is 3.13. The molecular formula is C22H33ClN4O3. The van der Waals surface area contributed by atoms with E-state index in [0.29, 0.717) is 29.5 Å². The summed E-state index contributed by atoms with van der Waals surface area (Å²) >= 11 is 5.85. The van der Waals surface area contributed by atoms with E-state index in [0.717, 1.165) is 51.4 Å². The molecule has 166 valence electrons. The highest BCUT2D eigenvalue weighted by Gasteiger charge is 2.15. The minimum absolute atomic E-state index is 0.0355. The van der Waals surface area contributed by atoms with Crippen molar-refractivity contribution in [1.82, 2.24) is 14.6 Å². The number of imidazole rings is 1. The van der Waals surface area contributed by atoms with Gasteiger partial charge in [-0.25, -0.2) is 9.50 Å². The Morgan fingerprint density at radius 2 is 1.60 bits per heavy atom. The fourth-order valence-corrected chi connectivity index (χ4v) is 3.28. The number of carbonyl (C=O) groups is 2. The van der Waals surface area contributed by atoms with Gasteiger partial charge < -0.3 is 10.1 Å². The van der Waals surface area contributed by atoms with Crippen LogP contribution in [0, 0.1) is 0 Å². The van der Waals surface area contributed by atoms with Gasteiger partial charge in [-0.15, -0.1) is 0 Å². The number of rotatable bonds is 12. The van der Waals surface area contributed by atoms with Crippen molar-refractivity contribution in [3.63, 3.8) is 0 Å². The van der Waals surface area contributed by atoms with Gasteiger partial charge in [0.1, 0.15) is 10.8 Å². The standard InChI is InChI=1S/C22H33ClN4O3/c1-22(2,3)30-21(29)13-11-9-7-5-4-6-8-10-12-20(28)25-18-16-27-19(24-18)15-14-17(23)26-27/h14-16H,4-13H2,1-3H3,(H,25,28). The SMILES string of the molecule is CC(C)(C)OC(=O)CCCCCCCCCCC(=O)Nc1cn2nc(Cl)ccc2n1. The summed E-state index contributed by atoms with van der Waals surface area (Å²) in [5.41, 5.74) is 0.243. The average Bonchev–Trinajstić information content (AvgIpc) is 3.02. The van der Waals surface area contributed by atoms with Gasteiger partial charge in [-0.05, 0) is 45.7 Å². The van der Waals surface area contributed by atoms with Crippen LogP contribution in [-0.4, -0.2) is 32.1 Å². The van der Waals surface area contributed by atoms with Crippen LogP contribution in [0.5, 0.6) is 0 Å². The topological polar surface area (TPSA) is 85.6 Å². The number of nitrogens with zero attached hydrogens (tertiary/aromatic N) is 3. The van der Waals surface area contributed by atoms with Crippen molar-refractivity contribution in [1.29, 1.82) is 0 Å². The zero-order valence-corrected chi connectivity index (χ0v) is 19.0. The van der Waals surface area contributed by atoms with Crippen molar-refractivity contribution < 1.29 is 14.3 Å². The Kier molecular flexibility index (Phi) is 9.56. The van der Waals surface area contributed by atoms with Gasteiger partial charge in [0, 0.05) is 12.8 Å². The molecule has 7 nitrogen and oxygen atoms in total. The molecule has 0 saturated carbocycles. The molecule has 0 atom stereocenters. The maximum absolute atomic E-state index is 12.1. The highest BCUT2D eigenvalue weighted by molar-refractivity contribution is 6.29. The number of halogens is 1. The van der Waals surface area contributed by atoms with Crippen molar-refractivity contribution in [3.05, 3.63) is 23.5 Å². The molecule has 2 aromatic rings. The largest absolute Gasteiger partial charge is 0.460 e. The van der Waals surface area contributed by atoms with E-state index in [-0.39, 0.29) is 11.9 Å². The van der Waals surface area contributed by atoms with Crippen LogP contribution in [0.25, 0.3) is 5.65 Å². The molecule has 2 heterocycles. The molecule has 30 heavy (non-hydrogen) atoms. The first kappa shape index (κ1) is 24.1. The Bertz CT molecular complexity index is 829. The number of esters is 1. The molecule has 0 saturated heterocycles. The molecular weight excluding hydrogens is 404 g/mol. The van der Waals surface area contributed by atoms with Gasteiger partial charge in [-0.2, -0.15) is 5.10 Å². The van der Waals surface area contributed by atoms with E-state index in [1.165, 1.54) is 0 Å². The predicted molar refractivity (Wildman–Crippen MR) is 119 cm³/mol. The monoisotopic (exact) mass is 436 g/mol. The van der Waals surface area contributed by atoms with Crippen LogP contribution in [-0.2, 0) is 14.3 Å². The molecule has 0 aliphatic heterocycles. The van der Waals surface area contributed by atoms with Crippen molar-refractivity contribution in [2.45, 2.75) is 90.6 Å². The van der Waals surface area contributed by atoms with Gasteiger partial charge in [-0.1, -0.05) is 50.1 Å². The summed E-state index contributed by atoms with van der Waals surface area (Å²) in [5.74, 6) is 0.345. The lowest BCUT2D eigenvalue weighted by Crippen LogP contribution is -2.23. The lowest BCUT2D eigenvalue weighted by molar-refractivity contribution is -0.154. The molecule has 8 heteroatoms. The summed E-state index contributed by atoms with van der Waals surface area (Å²) in [6, 6.07) is 3.42. The maximum Gasteiger partial charge on any atom is 0.306 e. The van der Waals surface area contributed by atoms with Crippen LogP contribution in [0.1, 0.15) is 85.0 Å². The Balaban J connectivity index is 1.46. The van der Waals surface area contributed by atoms with E-state index in [2.05, 4.69) is 15.4 Å². The number of nitrogens with one attached hydrogen (secondary N) is 1. The van der Waals surface area contributed by atoms with Crippen LogP contribution in [0.3, 0.4) is 0 Å². The number of aromatic nitrogens is 3. The molecule has 0 aliphatic carbocycles. The normalized spacial score (nSPS) is 11.6. The van der Waals surface area contributed by atoms with Crippen LogP contribution >= 0.6 is 11.6 Å². The Morgan fingerprint density at radius 1 is 1.00 bits per heavy atom. The second kappa shape index (κ2) is 11.9. The molecule has 1 N–H and O–H groups in total. The number of hydrogen-bond acceptors (Lipinski definition) is 5. The van der Waals surface area contributed by atoms with Gasteiger partial charge in [0.05, 0.1) is 6.20 Å². The Hall–Kier alpha value is -2.15. The molecule has 0 fully saturated rings. The average molecular weight is 437 g/mol. The summed E-state index contributed by atoms with van der Waals surface area (Å²) in [6.45, 7) is 5.67. The van der Waals surface area contributed by atoms with Gasteiger partial charge in [0.15, 0.2) is 11.5 Å². The second-order valence-electron chi connectivity index (χ2n) is 8.55. The quantitative estimate of drug-likeness (QED) is 0.347. The van der Waals surface area contributed by atoms with Crippen molar-refractivity contribution >= 4 is 34.9 Å². The van der Waals surface area contributed by atoms with Crippen LogP contribution < -0.4 is 5.32 Å². The van der Waals surface area contributed by atoms with E-state index in [1.54, 1.807) is 22.8 Å². The number of hydrogen-bond donors (Lipinski definition) is 1. The Labute approximate surface area is 183 Å². The summed E-state index contributed by atoms with van der Waals surface area (Å²) in [6.07, 6.45) is 11.1. The number of carbonyl (C=O) groups excluding carboxylic acids is 2. The number of fused-ring (bicyclic) bond motifs is 1. The van der Waals surface area contributed by atoms with E-state index < -0.39 is 5.60 Å². The first-order valence-electron chi connectivity index (χ1n) is 10.8. The third-order valence-electron chi connectivity index (χ3n) is 4.51. The molecule has 0 unspecified atom stereocenters. The van der Waals surface area contributed by atoms with E-state index in [1.807, 2.05) is 20.8 Å². The molecule has 2 rings (SSSR count). The van der Waals surface area contributed by atoms with Crippen LogP contribution in [0.15, 0.2) is 18.3 Å². The molecule has 2 aromatic heterocycles. The number of unbranched alkanes of at least 4 members (excludes halogenated alkanes) is 7. The summed E-state index contributed by atoms with van der Waals surface area (Å²) in [7, 11) is 0. The Morgan fingerprint density at radius 3 is 2.23 bits per heavy atom. The smallest absolute Gasteiger partial charge is 0.306 e. The van der Waals surface area contributed by atoms with Crippen molar-refractivity contribution in [3.8, 4) is 0 Å². The highest BCUT2D eigenvalue weighted by Crippen LogP contribution is 2.14. The third-order valence-corrected chi connectivity index (χ3v) is 4.71. The molecule has 0 radical (unpaired) electrons. The second-order valence-corrected chi connectivity index (χ2v) is 8.94. The summed E-state index contributed by atoms with van der Waals surface area (Å²) in [5, 5.41) is 7.28. The lowest BCUT2D eigenvalue weighted by atomic mass is 10.1. The highest BCUT2D eigenvalue weighted by atomic mass is 35.5. The minimum Gasteiger partial charge on any atom is -0.460 e. The third kappa shape index (κ3) is 9.57. The van der Waals surface area contributed by atoms with Gasteiger partial charge >= 0.3 is 5.97 Å². The number of ether oxygens (including phenoxy) is 1. The molecule has 0 spiro atoms. The predicted octanol–water partition coefficient (Wildman–Crippen LogP) is 5.56. The summed E-state index contributed by atoms with van der Waals surface area (Å²) < 4.78 is 6.85. The molecule has 0 bridgehead atoms. The van der Waals surface area contributed by atoms with E-state index >= 15 is 0 Å². The van der Waals surface area contributed by atoms with Crippen LogP contribution in [0.2, 0.25) is 5.15 Å². The first-order chi connectivity index (χ1) is 14.2. The molecule has 0 aromatic carbocycles. The minimum atomic E-state index is -0.397.